The quantitative estimate of drug-likeness (QED) is 0.381. The summed E-state index contributed by atoms with van der Waals surface area (Å²) in [5, 5.41) is 0.285. The van der Waals surface area contributed by atoms with Gasteiger partial charge in [0.1, 0.15) is 5.58 Å². The van der Waals surface area contributed by atoms with Crippen molar-refractivity contribution in [2.45, 2.75) is 13.8 Å². The zero-order chi connectivity index (χ0) is 21.2. The Bertz CT molecular complexity index is 1050. The summed E-state index contributed by atoms with van der Waals surface area (Å²) >= 11 is 0. The van der Waals surface area contributed by atoms with Gasteiger partial charge < -0.3 is 13.9 Å². The molecule has 152 valence electrons. The minimum absolute atomic E-state index is 0.143. The SMILES string of the molecule is CCOC(=O)C(C=CC=CC=Cn1c(=O)oc2ccccc2c1=O)C(=O)OCC. The van der Waals surface area contributed by atoms with E-state index in [1.807, 2.05) is 0 Å². The summed E-state index contributed by atoms with van der Waals surface area (Å²) in [7, 11) is 0. The second-order valence-corrected chi connectivity index (χ2v) is 5.63. The molecule has 1 aromatic carbocycles. The van der Waals surface area contributed by atoms with Gasteiger partial charge in [0.05, 0.1) is 18.6 Å². The molecule has 0 saturated heterocycles. The zero-order valence-corrected chi connectivity index (χ0v) is 16.1. The predicted molar refractivity (Wildman–Crippen MR) is 107 cm³/mol. The Balaban J connectivity index is 2.14. The summed E-state index contributed by atoms with van der Waals surface area (Å²) in [4.78, 5) is 48.0. The van der Waals surface area contributed by atoms with Crippen LogP contribution >= 0.6 is 0 Å². The summed E-state index contributed by atoms with van der Waals surface area (Å²) in [6.45, 7) is 3.56. The second-order valence-electron chi connectivity index (χ2n) is 5.63. The van der Waals surface area contributed by atoms with E-state index in [4.69, 9.17) is 13.9 Å². The lowest BCUT2D eigenvalue weighted by Crippen LogP contribution is -2.28. The van der Waals surface area contributed by atoms with Gasteiger partial charge in [0.2, 0.25) is 0 Å². The van der Waals surface area contributed by atoms with Crippen molar-refractivity contribution < 1.29 is 23.5 Å². The Labute approximate surface area is 166 Å². The Morgan fingerprint density at radius 3 is 2.28 bits per heavy atom. The number of hydrogen-bond donors (Lipinski definition) is 0. The fourth-order valence-corrected chi connectivity index (χ4v) is 2.37. The molecule has 8 heteroatoms. The summed E-state index contributed by atoms with van der Waals surface area (Å²) < 4.78 is 15.7. The maximum atomic E-state index is 12.3. The number of nitrogens with zero attached hydrogens (tertiary/aromatic N) is 1. The number of ether oxygens (including phenoxy) is 2. The second kappa shape index (κ2) is 10.6. The smallest absolute Gasteiger partial charge is 0.426 e. The van der Waals surface area contributed by atoms with E-state index in [9.17, 15) is 19.2 Å². The molecule has 2 aromatic rings. The number of aromatic nitrogens is 1. The number of rotatable bonds is 8. The molecule has 1 aromatic heterocycles. The molecule has 0 fully saturated rings. The van der Waals surface area contributed by atoms with Crippen LogP contribution in [0.1, 0.15) is 13.8 Å². The molecule has 0 bridgehead atoms. The largest absolute Gasteiger partial charge is 0.465 e. The van der Waals surface area contributed by atoms with Crippen molar-refractivity contribution in [2.24, 2.45) is 5.92 Å². The summed E-state index contributed by atoms with van der Waals surface area (Å²) in [6.07, 6.45) is 8.56. The van der Waals surface area contributed by atoms with Gasteiger partial charge in [-0.3, -0.25) is 14.4 Å². The van der Waals surface area contributed by atoms with E-state index in [0.29, 0.717) is 0 Å². The standard InChI is InChI=1S/C21H21NO7/c1-3-27-19(24)16(20(25)28-4-2)12-7-5-6-10-14-22-18(23)15-11-8-9-13-17(15)29-21(22)26/h5-14,16H,3-4H2,1-2H3. The number of esters is 2. The first-order valence-electron chi connectivity index (χ1n) is 8.98. The third-order valence-corrected chi connectivity index (χ3v) is 3.68. The minimum Gasteiger partial charge on any atom is -0.465 e. The highest BCUT2D eigenvalue weighted by Crippen LogP contribution is 2.07. The normalized spacial score (nSPS) is 11.8. The highest BCUT2D eigenvalue weighted by molar-refractivity contribution is 5.97. The number of carbonyl (C=O) groups excluding carboxylic acids is 2. The van der Waals surface area contributed by atoms with Crippen molar-refractivity contribution in [1.29, 1.82) is 0 Å². The Morgan fingerprint density at radius 1 is 1.00 bits per heavy atom. The number of benzene rings is 1. The van der Waals surface area contributed by atoms with Crippen LogP contribution in [0.15, 0.2) is 68.7 Å². The van der Waals surface area contributed by atoms with Crippen molar-refractivity contribution in [2.75, 3.05) is 13.2 Å². The van der Waals surface area contributed by atoms with Crippen molar-refractivity contribution in [3.8, 4) is 0 Å². The molecule has 29 heavy (non-hydrogen) atoms. The van der Waals surface area contributed by atoms with Crippen LogP contribution in [-0.2, 0) is 19.1 Å². The topological polar surface area (TPSA) is 105 Å². The number of allylic oxidation sites excluding steroid dienone is 4. The highest BCUT2D eigenvalue weighted by atomic mass is 16.6. The number of para-hydroxylation sites is 1. The van der Waals surface area contributed by atoms with Crippen LogP contribution in [0.2, 0.25) is 0 Å². The van der Waals surface area contributed by atoms with E-state index in [1.165, 1.54) is 36.6 Å². The fraction of sp³-hybridized carbons (Fsp3) is 0.238. The third-order valence-electron chi connectivity index (χ3n) is 3.68. The minimum atomic E-state index is -1.17. The summed E-state index contributed by atoms with van der Waals surface area (Å²) in [6, 6.07) is 6.45. The van der Waals surface area contributed by atoms with Gasteiger partial charge in [-0.05, 0) is 32.1 Å². The lowest BCUT2D eigenvalue weighted by molar-refractivity contribution is -0.158. The van der Waals surface area contributed by atoms with Gasteiger partial charge in [0.25, 0.3) is 5.56 Å². The van der Waals surface area contributed by atoms with E-state index in [0.717, 1.165) is 4.57 Å². The lowest BCUT2D eigenvalue weighted by Gasteiger charge is -2.10. The fourth-order valence-electron chi connectivity index (χ4n) is 2.37. The molecule has 1 heterocycles. The van der Waals surface area contributed by atoms with Crippen LogP contribution < -0.4 is 11.3 Å². The van der Waals surface area contributed by atoms with Crippen LogP contribution in [0, 0.1) is 5.92 Å². The molecule has 0 aliphatic heterocycles. The van der Waals surface area contributed by atoms with Crippen molar-refractivity contribution >= 4 is 29.1 Å². The molecule has 0 spiro atoms. The first-order chi connectivity index (χ1) is 14.0. The molecule has 0 N–H and O–H groups in total. The van der Waals surface area contributed by atoms with Gasteiger partial charge in [-0.1, -0.05) is 36.4 Å². The first-order valence-corrected chi connectivity index (χ1v) is 8.98. The van der Waals surface area contributed by atoms with E-state index < -0.39 is 29.2 Å². The number of fused-ring (bicyclic) bond motifs is 1. The van der Waals surface area contributed by atoms with E-state index in [1.54, 1.807) is 38.1 Å². The van der Waals surface area contributed by atoms with Crippen molar-refractivity contribution in [1.82, 2.24) is 4.57 Å². The molecule has 2 rings (SSSR count). The maximum absolute atomic E-state index is 12.3. The zero-order valence-electron chi connectivity index (χ0n) is 16.1. The first kappa shape index (κ1) is 21.6. The monoisotopic (exact) mass is 399 g/mol. The Morgan fingerprint density at radius 2 is 1.62 bits per heavy atom. The van der Waals surface area contributed by atoms with Crippen LogP contribution in [0.4, 0.5) is 0 Å². The van der Waals surface area contributed by atoms with Gasteiger partial charge in [-0.25, -0.2) is 9.36 Å². The van der Waals surface area contributed by atoms with E-state index >= 15 is 0 Å². The molecule has 0 radical (unpaired) electrons. The summed E-state index contributed by atoms with van der Waals surface area (Å²) in [5.74, 6) is -3.38. The van der Waals surface area contributed by atoms with E-state index in [2.05, 4.69) is 0 Å². The van der Waals surface area contributed by atoms with Gasteiger partial charge >= 0.3 is 17.7 Å². The lowest BCUT2D eigenvalue weighted by atomic mass is 10.1. The van der Waals surface area contributed by atoms with E-state index in [-0.39, 0.29) is 24.2 Å². The van der Waals surface area contributed by atoms with Gasteiger partial charge in [0, 0.05) is 6.20 Å². The van der Waals surface area contributed by atoms with Crippen LogP contribution in [0.25, 0.3) is 17.2 Å². The Hall–Kier alpha value is -3.68. The van der Waals surface area contributed by atoms with Crippen LogP contribution in [0.3, 0.4) is 0 Å². The molecule has 0 atom stereocenters. The van der Waals surface area contributed by atoms with Crippen molar-refractivity contribution in [3.63, 3.8) is 0 Å². The molecule has 0 aliphatic carbocycles. The molecule has 0 aliphatic rings. The molecule has 0 amide bonds. The van der Waals surface area contributed by atoms with Gasteiger partial charge in [0.15, 0.2) is 5.92 Å². The average Bonchev–Trinajstić information content (AvgIpc) is 2.69. The summed E-state index contributed by atoms with van der Waals surface area (Å²) in [5.41, 5.74) is -0.281. The van der Waals surface area contributed by atoms with Gasteiger partial charge in [-0.2, -0.15) is 0 Å². The maximum Gasteiger partial charge on any atom is 0.426 e. The van der Waals surface area contributed by atoms with Gasteiger partial charge in [-0.15, -0.1) is 0 Å². The molecule has 0 saturated carbocycles. The highest BCUT2D eigenvalue weighted by Gasteiger charge is 2.26. The van der Waals surface area contributed by atoms with Crippen LogP contribution in [0.5, 0.6) is 0 Å². The predicted octanol–water partition coefficient (Wildman–Crippen LogP) is 2.28. The average molecular weight is 399 g/mol. The molecular formula is C21H21NO7. The molecule has 0 unspecified atom stereocenters. The molecular weight excluding hydrogens is 378 g/mol. The Kier molecular flexibility index (Phi) is 7.90. The van der Waals surface area contributed by atoms with Crippen molar-refractivity contribution in [3.05, 3.63) is 75.5 Å². The number of carbonyl (C=O) groups is 2. The van der Waals surface area contributed by atoms with Crippen LogP contribution in [-0.4, -0.2) is 29.7 Å². The molecule has 8 nitrogen and oxygen atoms in total. The number of hydrogen-bond acceptors (Lipinski definition) is 7. The third kappa shape index (κ3) is 5.65.